The maximum Gasteiger partial charge on any atom is 0.333 e. The average molecular weight is 527 g/mol. The predicted molar refractivity (Wildman–Crippen MR) is 155 cm³/mol. The van der Waals surface area contributed by atoms with Crippen LogP contribution in [-0.4, -0.2) is 38.9 Å². The maximum absolute atomic E-state index is 9.47. The molecular formula is C32H36N3O4+. The van der Waals surface area contributed by atoms with E-state index in [-0.39, 0.29) is 12.5 Å². The van der Waals surface area contributed by atoms with E-state index in [4.69, 9.17) is 24.9 Å². The second-order valence-electron chi connectivity index (χ2n) is 9.93. The standard InChI is InChI=1S/C32H35N3O4/c1-20(33)34-32-26-18-31(39-4)30(38-3)15-23(26)14-28-27-16-25(21-10-6-5-7-11-21)29(37-2)17-24(27)22(19-35(28)32)12-8-9-13-36/h5-7,10-11,14-18,22,33,36H,8-9,12-13,19H2,1-4H3/p+1. The van der Waals surface area contributed by atoms with Crippen molar-refractivity contribution in [3.05, 3.63) is 66.2 Å². The lowest BCUT2D eigenvalue weighted by Crippen LogP contribution is -2.43. The van der Waals surface area contributed by atoms with Gasteiger partial charge < -0.3 is 25.1 Å². The van der Waals surface area contributed by atoms with Gasteiger partial charge in [-0.05, 0) is 58.6 Å². The summed E-state index contributed by atoms with van der Waals surface area (Å²) in [6, 6.07) is 20.9. The lowest BCUT2D eigenvalue weighted by Gasteiger charge is -2.28. The van der Waals surface area contributed by atoms with Gasteiger partial charge in [0.1, 0.15) is 11.4 Å². The monoisotopic (exact) mass is 526 g/mol. The smallest absolute Gasteiger partial charge is 0.333 e. The Hall–Kier alpha value is -4.10. The third kappa shape index (κ3) is 5.02. The van der Waals surface area contributed by atoms with Gasteiger partial charge in [0.05, 0.1) is 33.3 Å². The first kappa shape index (κ1) is 26.5. The number of unbranched alkanes of at least 4 members (excludes halogenated alkanes) is 1. The van der Waals surface area contributed by atoms with Crippen LogP contribution in [0.15, 0.2) is 65.7 Å². The summed E-state index contributed by atoms with van der Waals surface area (Å²) in [7, 11) is 5.01. The van der Waals surface area contributed by atoms with E-state index in [0.29, 0.717) is 17.3 Å². The summed E-state index contributed by atoms with van der Waals surface area (Å²) in [5.74, 6) is 3.64. The summed E-state index contributed by atoms with van der Waals surface area (Å²) in [6.07, 6.45) is 2.62. The molecule has 1 atom stereocenters. The first-order valence-corrected chi connectivity index (χ1v) is 13.3. The Labute approximate surface area is 229 Å². The average Bonchev–Trinajstić information content (AvgIpc) is 2.96. The first-order valence-electron chi connectivity index (χ1n) is 13.3. The normalized spacial score (nSPS) is 14.6. The van der Waals surface area contributed by atoms with Crippen LogP contribution in [0.25, 0.3) is 33.2 Å². The van der Waals surface area contributed by atoms with Crippen LogP contribution in [0.5, 0.6) is 17.2 Å². The van der Waals surface area contributed by atoms with Crippen LogP contribution in [-0.2, 0) is 6.54 Å². The number of ether oxygens (including phenoxy) is 3. The Bertz CT molecular complexity index is 1530. The molecule has 1 unspecified atom stereocenters. The second-order valence-corrected chi connectivity index (χ2v) is 9.93. The number of hydrogen-bond acceptors (Lipinski definition) is 5. The summed E-state index contributed by atoms with van der Waals surface area (Å²) < 4.78 is 19.4. The molecule has 0 amide bonds. The lowest BCUT2D eigenvalue weighted by atomic mass is 9.83. The number of hydrogen-bond donors (Lipinski definition) is 2. The largest absolute Gasteiger partial charge is 0.496 e. The number of aliphatic hydroxyl groups is 1. The van der Waals surface area contributed by atoms with Crippen molar-refractivity contribution in [2.75, 3.05) is 27.9 Å². The van der Waals surface area contributed by atoms with E-state index in [1.54, 1.807) is 28.3 Å². The molecule has 3 N–H and O–H groups in total. The van der Waals surface area contributed by atoms with E-state index in [1.807, 2.05) is 30.3 Å². The summed E-state index contributed by atoms with van der Waals surface area (Å²) in [6.45, 7) is 2.73. The fraction of sp³-hybridized carbons (Fsp3) is 0.312. The minimum Gasteiger partial charge on any atom is -0.496 e. The third-order valence-corrected chi connectivity index (χ3v) is 7.45. The molecule has 0 bridgehead atoms. The molecule has 1 aliphatic heterocycles. The first-order chi connectivity index (χ1) is 19.0. The molecule has 4 aromatic rings. The molecule has 0 aliphatic carbocycles. The number of aliphatic hydroxyl groups excluding tert-OH is 1. The summed E-state index contributed by atoms with van der Waals surface area (Å²) in [4.78, 5) is 4.85. The van der Waals surface area contributed by atoms with Crippen molar-refractivity contribution in [3.8, 4) is 39.6 Å². The molecule has 1 aliphatic rings. The Morgan fingerprint density at radius 2 is 1.64 bits per heavy atom. The SMILES string of the molecule is COc1cc2cc3[n+](c(N=C(C)N)c2cc1OC)CC(CCCCO)c1cc(OC)c(-c2ccccc2)cc1-3. The topological polar surface area (TPSA) is 90.2 Å². The summed E-state index contributed by atoms with van der Waals surface area (Å²) >= 11 is 0. The maximum atomic E-state index is 9.47. The van der Waals surface area contributed by atoms with E-state index in [0.717, 1.165) is 70.5 Å². The molecule has 1 aromatic heterocycles. The molecule has 7 nitrogen and oxygen atoms in total. The Morgan fingerprint density at radius 1 is 0.923 bits per heavy atom. The highest BCUT2D eigenvalue weighted by Gasteiger charge is 2.34. The minimum absolute atomic E-state index is 0.188. The molecule has 0 radical (unpaired) electrons. The molecular weight excluding hydrogens is 490 g/mol. The number of rotatable bonds is 9. The van der Waals surface area contributed by atoms with E-state index in [9.17, 15) is 5.11 Å². The number of nitrogens with two attached hydrogens (primary N) is 1. The van der Waals surface area contributed by atoms with Crippen LogP contribution in [0.3, 0.4) is 0 Å². The van der Waals surface area contributed by atoms with Crippen LogP contribution >= 0.6 is 0 Å². The molecule has 7 heteroatoms. The number of nitrogens with zero attached hydrogens (tertiary/aromatic N) is 2. The van der Waals surface area contributed by atoms with Crippen LogP contribution in [0.1, 0.15) is 37.7 Å². The highest BCUT2D eigenvalue weighted by molar-refractivity contribution is 5.96. The van der Waals surface area contributed by atoms with Gasteiger partial charge in [0.15, 0.2) is 11.5 Å². The van der Waals surface area contributed by atoms with Gasteiger partial charge in [-0.3, -0.25) is 0 Å². The number of amidine groups is 1. The van der Waals surface area contributed by atoms with Crippen LogP contribution < -0.4 is 24.5 Å². The molecule has 2 heterocycles. The van der Waals surface area contributed by atoms with Crippen molar-refractivity contribution in [2.24, 2.45) is 10.7 Å². The highest BCUT2D eigenvalue weighted by atomic mass is 16.5. The molecule has 5 rings (SSSR count). The third-order valence-electron chi connectivity index (χ3n) is 7.45. The van der Waals surface area contributed by atoms with Gasteiger partial charge in [0.25, 0.3) is 0 Å². The van der Waals surface area contributed by atoms with E-state index >= 15 is 0 Å². The van der Waals surface area contributed by atoms with Crippen molar-refractivity contribution < 1.29 is 23.9 Å². The fourth-order valence-corrected chi connectivity index (χ4v) is 5.62. The Kier molecular flexibility index (Phi) is 7.70. The number of fused-ring (bicyclic) bond motifs is 4. The molecule has 39 heavy (non-hydrogen) atoms. The number of aromatic nitrogens is 1. The quantitative estimate of drug-likeness (QED) is 0.125. The van der Waals surface area contributed by atoms with E-state index < -0.39 is 0 Å². The molecule has 0 saturated heterocycles. The van der Waals surface area contributed by atoms with Crippen LogP contribution in [0, 0.1) is 0 Å². The zero-order valence-corrected chi connectivity index (χ0v) is 23.0. The number of methoxy groups -OCH3 is 3. The summed E-state index contributed by atoms with van der Waals surface area (Å²) in [5.41, 5.74) is 11.7. The van der Waals surface area contributed by atoms with Gasteiger partial charge in [-0.2, -0.15) is 0 Å². The zero-order valence-electron chi connectivity index (χ0n) is 23.0. The van der Waals surface area contributed by atoms with Crippen LogP contribution in [0.2, 0.25) is 0 Å². The van der Waals surface area contributed by atoms with E-state index in [2.05, 4.69) is 34.9 Å². The summed E-state index contributed by atoms with van der Waals surface area (Å²) in [5, 5.41) is 11.4. The molecule has 0 spiro atoms. The Balaban J connectivity index is 1.83. The van der Waals surface area contributed by atoms with Gasteiger partial charge in [0.2, 0.25) is 5.84 Å². The molecule has 202 valence electrons. The van der Waals surface area contributed by atoms with E-state index in [1.165, 1.54) is 5.56 Å². The molecule has 3 aromatic carbocycles. The van der Waals surface area contributed by atoms with Gasteiger partial charge >= 0.3 is 5.82 Å². The molecule has 0 fully saturated rings. The van der Waals surface area contributed by atoms with Crippen molar-refractivity contribution >= 4 is 22.4 Å². The Morgan fingerprint density at radius 3 is 2.31 bits per heavy atom. The van der Waals surface area contributed by atoms with Gasteiger partial charge in [-0.25, -0.2) is 4.57 Å². The van der Waals surface area contributed by atoms with Crippen molar-refractivity contribution in [3.63, 3.8) is 0 Å². The van der Waals surface area contributed by atoms with Crippen molar-refractivity contribution in [1.82, 2.24) is 0 Å². The number of aliphatic imine (C=N–C) groups is 1. The van der Waals surface area contributed by atoms with Gasteiger partial charge in [-0.1, -0.05) is 36.8 Å². The van der Waals surface area contributed by atoms with Crippen molar-refractivity contribution in [1.29, 1.82) is 0 Å². The highest BCUT2D eigenvalue weighted by Crippen LogP contribution is 2.45. The minimum atomic E-state index is 0.188. The number of pyridine rings is 1. The van der Waals surface area contributed by atoms with Crippen LogP contribution in [0.4, 0.5) is 5.82 Å². The second kappa shape index (κ2) is 11.3. The zero-order chi connectivity index (χ0) is 27.5. The molecule has 0 saturated carbocycles. The number of benzene rings is 3. The van der Waals surface area contributed by atoms with Gasteiger partial charge in [0, 0.05) is 36.6 Å². The lowest BCUT2D eigenvalue weighted by molar-refractivity contribution is -0.677. The predicted octanol–water partition coefficient (Wildman–Crippen LogP) is 5.76. The fourth-order valence-electron chi connectivity index (χ4n) is 5.62. The van der Waals surface area contributed by atoms with Crippen molar-refractivity contribution in [2.45, 2.75) is 38.6 Å². The van der Waals surface area contributed by atoms with Gasteiger partial charge in [-0.15, -0.1) is 0 Å².